The van der Waals surface area contributed by atoms with Crippen LogP contribution in [0.4, 0.5) is 0 Å². The molecule has 0 unspecified atom stereocenters. The normalized spacial score (nSPS) is 11.5. The molecule has 0 aromatic rings. The van der Waals surface area contributed by atoms with Crippen molar-refractivity contribution in [1.29, 1.82) is 0 Å². The average molecular weight is 441 g/mol. The summed E-state index contributed by atoms with van der Waals surface area (Å²) in [5.74, 6) is 0. The zero-order chi connectivity index (χ0) is 17.5. The molecular weight excluding hydrogens is 391 g/mol. The molecule has 5 nitrogen and oxygen atoms in total. The Labute approximate surface area is 209 Å². The van der Waals surface area contributed by atoms with Gasteiger partial charge in [-0.2, -0.15) is 0 Å². The van der Waals surface area contributed by atoms with Gasteiger partial charge in [-0.25, -0.2) is 0 Å². The van der Waals surface area contributed by atoms with Gasteiger partial charge in [0.25, 0.3) is 0 Å². The maximum atomic E-state index is 9.58. The maximum Gasteiger partial charge on any atom is 1.00 e. The SMILES string of the molecule is C.C.C1CO1.CC[Si](CC)(CC)OCCO.CC[Si](O)(CC)CC.[K+].[OH-]. The van der Waals surface area contributed by atoms with Crippen molar-refractivity contribution >= 4 is 16.6 Å². The number of hydrogen-bond donors (Lipinski definition) is 2. The molecule has 26 heavy (non-hydrogen) atoms. The van der Waals surface area contributed by atoms with Crippen LogP contribution < -0.4 is 51.4 Å². The van der Waals surface area contributed by atoms with Gasteiger partial charge < -0.3 is 24.5 Å². The number of rotatable bonds is 9. The summed E-state index contributed by atoms with van der Waals surface area (Å²) >= 11 is 0. The summed E-state index contributed by atoms with van der Waals surface area (Å²) in [6.45, 7) is 15.5. The van der Waals surface area contributed by atoms with E-state index in [2.05, 4.69) is 46.3 Å². The zero-order valence-electron chi connectivity index (χ0n) is 17.2. The van der Waals surface area contributed by atoms with Gasteiger partial charge in [0.15, 0.2) is 16.6 Å². The van der Waals surface area contributed by atoms with E-state index in [4.69, 9.17) is 9.53 Å². The maximum absolute atomic E-state index is 9.58. The molecule has 0 amide bonds. The van der Waals surface area contributed by atoms with Crippen LogP contribution in [0.1, 0.15) is 56.4 Å². The molecule has 3 N–H and O–H groups in total. The van der Waals surface area contributed by atoms with Crippen molar-refractivity contribution in [3.63, 3.8) is 0 Å². The Kier molecular flexibility index (Phi) is 43.5. The van der Waals surface area contributed by atoms with Crippen LogP contribution in [0.25, 0.3) is 0 Å². The molecule has 0 aromatic carbocycles. The van der Waals surface area contributed by atoms with Gasteiger partial charge in [-0.15, -0.1) is 0 Å². The second-order valence-electron chi connectivity index (χ2n) is 5.71. The summed E-state index contributed by atoms with van der Waals surface area (Å²) in [5.41, 5.74) is 0. The van der Waals surface area contributed by atoms with Gasteiger partial charge in [-0.1, -0.05) is 56.4 Å². The van der Waals surface area contributed by atoms with Crippen LogP contribution in [0.5, 0.6) is 0 Å². The van der Waals surface area contributed by atoms with E-state index in [0.29, 0.717) is 6.61 Å². The van der Waals surface area contributed by atoms with Gasteiger partial charge in [-0.05, 0) is 36.3 Å². The number of aliphatic hydroxyl groups is 1. The van der Waals surface area contributed by atoms with Crippen molar-refractivity contribution in [2.24, 2.45) is 0 Å². The number of ether oxygens (including phenoxy) is 1. The number of hydrogen-bond acceptors (Lipinski definition) is 5. The Morgan fingerprint density at radius 1 is 0.808 bits per heavy atom. The van der Waals surface area contributed by atoms with E-state index in [9.17, 15) is 4.80 Å². The zero-order valence-corrected chi connectivity index (χ0v) is 22.4. The molecule has 0 aliphatic carbocycles. The van der Waals surface area contributed by atoms with Crippen molar-refractivity contribution in [2.45, 2.75) is 92.7 Å². The molecular formula is C18H49KO5Si2. The average Bonchev–Trinajstić information content (AvgIpc) is 3.45. The fraction of sp³-hybridized carbons (Fsp3) is 1.00. The third-order valence-corrected chi connectivity index (χ3v) is 13.2. The smallest absolute Gasteiger partial charge is 0.870 e. The second kappa shape index (κ2) is 26.9. The van der Waals surface area contributed by atoms with Gasteiger partial charge in [0.05, 0.1) is 26.4 Å². The molecule has 8 heteroatoms. The summed E-state index contributed by atoms with van der Waals surface area (Å²) in [5, 5.41) is 8.61. The molecule has 0 aromatic heterocycles. The van der Waals surface area contributed by atoms with E-state index in [-0.39, 0.29) is 78.3 Å². The Morgan fingerprint density at radius 2 is 1.12 bits per heavy atom. The number of epoxide rings is 1. The second-order valence-corrected chi connectivity index (χ2v) is 15.1. The minimum Gasteiger partial charge on any atom is -0.870 e. The summed E-state index contributed by atoms with van der Waals surface area (Å²) < 4.78 is 10.2. The first-order valence-electron chi connectivity index (χ1n) is 8.97. The van der Waals surface area contributed by atoms with Crippen molar-refractivity contribution in [3.8, 4) is 0 Å². The van der Waals surface area contributed by atoms with Crippen LogP contribution in [0.15, 0.2) is 0 Å². The Hall–Kier alpha value is 1.87. The first kappa shape index (κ1) is 42.1. The fourth-order valence-corrected chi connectivity index (χ4v) is 6.21. The first-order valence-corrected chi connectivity index (χ1v) is 14.1. The molecule has 1 aliphatic rings. The van der Waals surface area contributed by atoms with Crippen molar-refractivity contribution in [3.05, 3.63) is 0 Å². The predicted molar refractivity (Wildman–Crippen MR) is 116 cm³/mol. The predicted octanol–water partition coefficient (Wildman–Crippen LogP) is 2.10. The third-order valence-electron chi connectivity index (χ3n) is 4.61. The first-order chi connectivity index (χ1) is 10.4. The molecule has 0 saturated carbocycles. The summed E-state index contributed by atoms with van der Waals surface area (Å²) in [6.07, 6.45) is 0. The molecule has 1 saturated heterocycles. The standard InChI is InChI=1S/C8H20O2Si.C6H16OSi.C2H4O.2CH4.K.H2O/c1-4-11(5-2,6-3)10-8-7-9;1-4-8(7,5-2)6-3;1-2-3-1;;;;/h9H,4-8H2,1-3H3;7H,4-6H2,1-3H3;1-2H2;2*1H4;;1H2/q;;;;;+1;/p-1. The van der Waals surface area contributed by atoms with Gasteiger partial charge in [0, 0.05) is 0 Å². The van der Waals surface area contributed by atoms with Crippen LogP contribution in [0, 0.1) is 0 Å². The topological polar surface area (TPSA) is 92.2 Å². The van der Waals surface area contributed by atoms with Crippen LogP contribution in [-0.2, 0) is 9.16 Å². The van der Waals surface area contributed by atoms with Crippen molar-refractivity contribution in [1.82, 2.24) is 0 Å². The molecule has 0 radical (unpaired) electrons. The van der Waals surface area contributed by atoms with E-state index in [1.165, 1.54) is 18.1 Å². The minimum absolute atomic E-state index is 0. The van der Waals surface area contributed by atoms with Crippen LogP contribution in [0.3, 0.4) is 0 Å². The molecule has 0 atom stereocenters. The summed E-state index contributed by atoms with van der Waals surface area (Å²) in [6, 6.07) is 6.54. The monoisotopic (exact) mass is 440 g/mol. The van der Waals surface area contributed by atoms with Crippen molar-refractivity contribution < 1.29 is 75.9 Å². The van der Waals surface area contributed by atoms with Crippen molar-refractivity contribution in [2.75, 3.05) is 26.4 Å². The summed E-state index contributed by atoms with van der Waals surface area (Å²) in [4.78, 5) is 9.58. The van der Waals surface area contributed by atoms with Gasteiger partial charge in [0.1, 0.15) is 0 Å². The molecule has 1 aliphatic heterocycles. The molecule has 160 valence electrons. The van der Waals surface area contributed by atoms with Crippen LogP contribution in [-0.4, -0.2) is 58.4 Å². The van der Waals surface area contributed by atoms with Crippen LogP contribution in [0.2, 0.25) is 36.3 Å². The van der Waals surface area contributed by atoms with E-state index < -0.39 is 16.6 Å². The summed E-state index contributed by atoms with van der Waals surface area (Å²) in [7, 11) is -3.07. The molecule has 1 heterocycles. The van der Waals surface area contributed by atoms with Gasteiger partial charge in [0.2, 0.25) is 0 Å². The van der Waals surface area contributed by atoms with E-state index >= 15 is 0 Å². The number of aliphatic hydroxyl groups excluding tert-OH is 1. The molecule has 0 bridgehead atoms. The molecule has 1 rings (SSSR count). The largest absolute Gasteiger partial charge is 1.00 e. The Morgan fingerprint density at radius 3 is 1.23 bits per heavy atom. The Bertz CT molecular complexity index is 220. The molecule has 0 spiro atoms. The van der Waals surface area contributed by atoms with E-state index in [1.807, 2.05) is 0 Å². The Balaban J connectivity index is -0.0000000593. The van der Waals surface area contributed by atoms with Gasteiger partial charge >= 0.3 is 51.4 Å². The van der Waals surface area contributed by atoms with E-state index in [0.717, 1.165) is 31.3 Å². The minimum atomic E-state index is -1.67. The van der Waals surface area contributed by atoms with Crippen LogP contribution >= 0.6 is 0 Å². The van der Waals surface area contributed by atoms with E-state index in [1.54, 1.807) is 0 Å². The van der Waals surface area contributed by atoms with Gasteiger partial charge in [-0.3, -0.25) is 0 Å². The quantitative estimate of drug-likeness (QED) is 0.423. The third kappa shape index (κ3) is 23.9. The fourth-order valence-electron chi connectivity index (χ4n) is 2.07. The molecule has 1 fully saturated rings.